The Hall–Kier alpha value is -1.97. The Morgan fingerprint density at radius 3 is 2.56 bits per heavy atom. The van der Waals surface area contributed by atoms with Gasteiger partial charge in [0, 0.05) is 29.0 Å². The fourth-order valence-corrected chi connectivity index (χ4v) is 4.37. The van der Waals surface area contributed by atoms with E-state index < -0.39 is 0 Å². The fraction of sp³-hybridized carbons (Fsp3) is 0.609. The van der Waals surface area contributed by atoms with Crippen LogP contribution in [0.15, 0.2) is 23.8 Å². The maximum Gasteiger partial charge on any atom is 0.247 e. The van der Waals surface area contributed by atoms with E-state index in [0.717, 1.165) is 28.9 Å². The van der Waals surface area contributed by atoms with Gasteiger partial charge in [-0.2, -0.15) is 0 Å². The first kappa shape index (κ1) is 19.8. The van der Waals surface area contributed by atoms with Gasteiger partial charge in [0.15, 0.2) is 0 Å². The number of carbonyl (C=O) groups excluding carboxylic acids is 1. The molecule has 0 aromatic heterocycles. The lowest BCUT2D eigenvalue weighted by molar-refractivity contribution is -0.118. The summed E-state index contributed by atoms with van der Waals surface area (Å²) >= 11 is 0. The van der Waals surface area contributed by atoms with Crippen molar-refractivity contribution in [3.8, 4) is 11.5 Å². The molecule has 4 nitrogen and oxygen atoms in total. The minimum atomic E-state index is -0.350. The Balaban J connectivity index is 2.03. The second-order valence-electron chi connectivity index (χ2n) is 9.87. The van der Waals surface area contributed by atoms with Gasteiger partial charge >= 0.3 is 0 Å². The van der Waals surface area contributed by atoms with Crippen LogP contribution >= 0.6 is 0 Å². The first-order chi connectivity index (χ1) is 12.4. The van der Waals surface area contributed by atoms with E-state index in [9.17, 15) is 9.90 Å². The van der Waals surface area contributed by atoms with Crippen LogP contribution in [0.2, 0.25) is 0 Å². The van der Waals surface area contributed by atoms with Crippen LogP contribution < -0.4 is 10.1 Å². The number of phenols is 1. The van der Waals surface area contributed by atoms with Crippen molar-refractivity contribution >= 4 is 5.91 Å². The first-order valence-corrected chi connectivity index (χ1v) is 9.96. The molecule has 1 heterocycles. The molecule has 0 saturated heterocycles. The lowest BCUT2D eigenvalue weighted by Gasteiger charge is -2.47. The number of hydrogen-bond donors (Lipinski definition) is 2. The summed E-state index contributed by atoms with van der Waals surface area (Å²) in [6, 6.07) is 4.04. The van der Waals surface area contributed by atoms with Crippen LogP contribution in [-0.2, 0) is 10.2 Å². The van der Waals surface area contributed by atoms with E-state index >= 15 is 0 Å². The maximum atomic E-state index is 12.6. The van der Waals surface area contributed by atoms with E-state index in [1.54, 1.807) is 0 Å². The van der Waals surface area contributed by atoms with Gasteiger partial charge < -0.3 is 15.2 Å². The summed E-state index contributed by atoms with van der Waals surface area (Å²) in [6.45, 7) is 14.5. The van der Waals surface area contributed by atoms with Gasteiger partial charge in [0.1, 0.15) is 17.1 Å². The molecule has 148 valence electrons. The van der Waals surface area contributed by atoms with Crippen molar-refractivity contribution < 1.29 is 14.6 Å². The van der Waals surface area contributed by atoms with Crippen LogP contribution in [0.5, 0.6) is 11.5 Å². The highest BCUT2D eigenvalue weighted by atomic mass is 16.5. The maximum absolute atomic E-state index is 12.6. The van der Waals surface area contributed by atoms with Gasteiger partial charge in [0.05, 0.1) is 0 Å². The highest BCUT2D eigenvalue weighted by molar-refractivity contribution is 5.94. The van der Waals surface area contributed by atoms with Gasteiger partial charge in [-0.1, -0.05) is 26.8 Å². The van der Waals surface area contributed by atoms with Gasteiger partial charge in [0.25, 0.3) is 0 Å². The zero-order valence-electron chi connectivity index (χ0n) is 17.6. The van der Waals surface area contributed by atoms with Crippen molar-refractivity contribution in [3.63, 3.8) is 0 Å². The first-order valence-electron chi connectivity index (χ1n) is 9.96. The molecular weight excluding hydrogens is 338 g/mol. The second-order valence-corrected chi connectivity index (χ2v) is 9.87. The van der Waals surface area contributed by atoms with Crippen molar-refractivity contribution in [2.75, 3.05) is 0 Å². The molecule has 0 fully saturated rings. The molecule has 27 heavy (non-hydrogen) atoms. The Morgan fingerprint density at radius 1 is 1.30 bits per heavy atom. The third-order valence-corrected chi connectivity index (χ3v) is 5.88. The molecule has 2 aliphatic rings. The molecule has 1 amide bonds. The van der Waals surface area contributed by atoms with Crippen LogP contribution in [0.3, 0.4) is 0 Å². The molecule has 2 atom stereocenters. The van der Waals surface area contributed by atoms with Gasteiger partial charge in [-0.25, -0.2) is 0 Å². The van der Waals surface area contributed by atoms with E-state index in [2.05, 4.69) is 52.1 Å². The van der Waals surface area contributed by atoms with E-state index in [1.165, 1.54) is 0 Å². The quantitative estimate of drug-likeness (QED) is 0.785. The predicted molar refractivity (Wildman–Crippen MR) is 108 cm³/mol. The molecule has 0 bridgehead atoms. The van der Waals surface area contributed by atoms with Crippen LogP contribution in [0.25, 0.3) is 0 Å². The summed E-state index contributed by atoms with van der Waals surface area (Å²) < 4.78 is 6.38. The largest absolute Gasteiger partial charge is 0.508 e. The summed E-state index contributed by atoms with van der Waals surface area (Å²) in [7, 11) is 0. The van der Waals surface area contributed by atoms with E-state index in [0.29, 0.717) is 6.42 Å². The number of aromatic hydroxyl groups is 1. The average Bonchev–Trinajstić information content (AvgIpc) is 2.51. The van der Waals surface area contributed by atoms with Crippen molar-refractivity contribution in [2.45, 2.75) is 84.3 Å². The molecule has 1 aromatic carbocycles. The highest BCUT2D eigenvalue weighted by Gasteiger charge is 2.47. The molecule has 1 aliphatic carbocycles. The molecular formula is C23H33NO3. The minimum absolute atomic E-state index is 0.0000921. The molecule has 1 aromatic rings. The fourth-order valence-electron chi connectivity index (χ4n) is 4.37. The summed E-state index contributed by atoms with van der Waals surface area (Å²) in [6.07, 6.45) is 3.46. The van der Waals surface area contributed by atoms with E-state index in [4.69, 9.17) is 4.74 Å². The molecule has 1 aliphatic heterocycles. The van der Waals surface area contributed by atoms with Crippen LogP contribution in [-0.4, -0.2) is 22.7 Å². The van der Waals surface area contributed by atoms with Gasteiger partial charge in [-0.05, 0) is 63.6 Å². The second kappa shape index (κ2) is 6.57. The number of benzene rings is 1. The summed E-state index contributed by atoms with van der Waals surface area (Å²) in [4.78, 5) is 12.6. The number of carbonyl (C=O) groups is 1. The average molecular weight is 372 g/mol. The Morgan fingerprint density at radius 2 is 1.96 bits per heavy atom. The third kappa shape index (κ3) is 3.71. The van der Waals surface area contributed by atoms with Crippen molar-refractivity contribution in [3.05, 3.63) is 34.9 Å². The van der Waals surface area contributed by atoms with E-state index in [1.807, 2.05) is 19.9 Å². The number of nitrogens with one attached hydrogen (secondary N) is 1. The molecule has 4 heteroatoms. The highest BCUT2D eigenvalue weighted by Crippen LogP contribution is 2.54. The zero-order chi connectivity index (χ0) is 20.1. The third-order valence-electron chi connectivity index (χ3n) is 5.88. The standard InChI is InChI=1S/C23H33NO3/c1-13(2)24-21(26)14-8-9-17-16(10-14)20-18(25)11-15(22(3,4)5)12-19(20)27-23(17,6)7/h8,11-13,16-17,25H,9-10H2,1-7H3,(H,24,26). The van der Waals surface area contributed by atoms with Gasteiger partial charge in [-0.15, -0.1) is 0 Å². The lowest BCUT2D eigenvalue weighted by atomic mass is 9.66. The monoisotopic (exact) mass is 371 g/mol. The lowest BCUT2D eigenvalue weighted by Crippen LogP contribution is -2.46. The molecule has 0 spiro atoms. The number of ether oxygens (including phenoxy) is 1. The Labute approximate surface area is 163 Å². The predicted octanol–water partition coefficient (Wildman–Crippen LogP) is 4.81. The number of amides is 1. The van der Waals surface area contributed by atoms with Gasteiger partial charge in [-0.3, -0.25) is 4.79 Å². The summed E-state index contributed by atoms with van der Waals surface area (Å²) in [5.41, 5.74) is 2.29. The smallest absolute Gasteiger partial charge is 0.247 e. The number of fused-ring (bicyclic) bond motifs is 3. The van der Waals surface area contributed by atoms with Crippen LogP contribution in [0.4, 0.5) is 0 Å². The summed E-state index contributed by atoms with van der Waals surface area (Å²) in [5.74, 6) is 1.35. The SMILES string of the molecule is CC(C)NC(=O)C1=CCC2C(C1)c1c(O)cc(C(C)(C)C)cc1OC2(C)C. The van der Waals surface area contributed by atoms with Crippen LogP contribution in [0, 0.1) is 5.92 Å². The Bertz CT molecular complexity index is 784. The number of hydrogen-bond acceptors (Lipinski definition) is 3. The zero-order valence-corrected chi connectivity index (χ0v) is 17.6. The normalized spacial score (nSPS) is 23.8. The van der Waals surface area contributed by atoms with E-state index in [-0.39, 0.29) is 40.6 Å². The number of phenolic OH excluding ortho intramolecular Hbond substituents is 1. The minimum Gasteiger partial charge on any atom is -0.508 e. The topological polar surface area (TPSA) is 58.6 Å². The van der Waals surface area contributed by atoms with Crippen molar-refractivity contribution in [2.24, 2.45) is 5.92 Å². The van der Waals surface area contributed by atoms with Crippen LogP contribution in [0.1, 0.15) is 78.4 Å². The van der Waals surface area contributed by atoms with Crippen molar-refractivity contribution in [1.82, 2.24) is 5.32 Å². The number of allylic oxidation sites excluding steroid dienone is 1. The molecule has 0 radical (unpaired) electrons. The molecule has 2 unspecified atom stereocenters. The Kier molecular flexibility index (Phi) is 4.82. The van der Waals surface area contributed by atoms with Crippen molar-refractivity contribution in [1.29, 1.82) is 0 Å². The summed E-state index contributed by atoms with van der Waals surface area (Å²) in [5, 5.41) is 13.9. The van der Waals surface area contributed by atoms with Gasteiger partial charge in [0.2, 0.25) is 5.91 Å². The molecule has 3 rings (SSSR count). The molecule has 2 N–H and O–H groups in total. The number of rotatable bonds is 2. The molecule has 0 saturated carbocycles.